The number of para-hydroxylation sites is 1. The lowest BCUT2D eigenvalue weighted by Crippen LogP contribution is -2.63. The van der Waals surface area contributed by atoms with Gasteiger partial charge in [0.1, 0.15) is 6.04 Å². The van der Waals surface area contributed by atoms with Gasteiger partial charge in [-0.1, -0.05) is 41.9 Å². The summed E-state index contributed by atoms with van der Waals surface area (Å²) in [6, 6.07) is 14.8. The van der Waals surface area contributed by atoms with Crippen LogP contribution in [0, 0.1) is 0 Å². The zero-order chi connectivity index (χ0) is 23.1. The molecular weight excluding hydrogens is 438 g/mol. The number of benzene rings is 2. The van der Waals surface area contributed by atoms with E-state index in [1.165, 1.54) is 0 Å². The highest BCUT2D eigenvalue weighted by Gasteiger charge is 2.48. The Hall–Kier alpha value is -2.83. The van der Waals surface area contributed by atoms with E-state index in [0.29, 0.717) is 31.0 Å². The van der Waals surface area contributed by atoms with Crippen molar-refractivity contribution in [3.05, 3.63) is 70.4 Å². The number of carbonyl (C=O) groups excluding carboxylic acids is 2. The van der Waals surface area contributed by atoms with Crippen molar-refractivity contribution in [1.29, 1.82) is 0 Å². The van der Waals surface area contributed by atoms with Gasteiger partial charge >= 0.3 is 0 Å². The Labute approximate surface area is 198 Å². The molecule has 172 valence electrons. The van der Waals surface area contributed by atoms with E-state index in [1.54, 1.807) is 9.80 Å². The zero-order valence-electron chi connectivity index (χ0n) is 18.9. The quantitative estimate of drug-likeness (QED) is 0.551. The Morgan fingerprint density at radius 2 is 1.88 bits per heavy atom. The monoisotopic (exact) mass is 465 g/mol. The van der Waals surface area contributed by atoms with Crippen LogP contribution in [0.5, 0.6) is 0 Å². The van der Waals surface area contributed by atoms with E-state index in [4.69, 9.17) is 16.3 Å². The van der Waals surface area contributed by atoms with Gasteiger partial charge in [0.25, 0.3) is 0 Å². The summed E-state index contributed by atoms with van der Waals surface area (Å²) in [6.45, 7) is 5.17. The number of nitrogens with one attached hydrogen (secondary N) is 1. The number of aromatic nitrogens is 1. The number of hydrogen-bond acceptors (Lipinski definition) is 3. The second kappa shape index (κ2) is 8.84. The lowest BCUT2D eigenvalue weighted by molar-refractivity contribution is -0.158. The number of halogens is 1. The molecule has 2 aliphatic heterocycles. The smallest absolute Gasteiger partial charge is 0.246 e. The van der Waals surface area contributed by atoms with Crippen molar-refractivity contribution in [2.24, 2.45) is 0 Å². The normalized spacial score (nSPS) is 20.5. The lowest BCUT2D eigenvalue weighted by Gasteiger charge is -2.47. The molecule has 33 heavy (non-hydrogen) atoms. The van der Waals surface area contributed by atoms with Crippen LogP contribution in [0.2, 0.25) is 5.02 Å². The van der Waals surface area contributed by atoms with Crippen LogP contribution >= 0.6 is 11.6 Å². The fraction of sp³-hybridized carbons (Fsp3) is 0.385. The average Bonchev–Trinajstić information content (AvgIpc) is 3.17. The van der Waals surface area contributed by atoms with Crippen molar-refractivity contribution in [3.63, 3.8) is 0 Å². The molecule has 1 aromatic heterocycles. The molecule has 2 atom stereocenters. The minimum Gasteiger partial charge on any atom is -0.379 e. The van der Waals surface area contributed by atoms with Crippen molar-refractivity contribution in [1.82, 2.24) is 14.8 Å². The third kappa shape index (κ3) is 4.02. The van der Waals surface area contributed by atoms with Crippen LogP contribution in [-0.2, 0) is 20.7 Å². The molecule has 1 N–H and O–H groups in total. The van der Waals surface area contributed by atoms with E-state index >= 15 is 0 Å². The molecular formula is C26H28ClN3O3. The van der Waals surface area contributed by atoms with E-state index in [1.807, 2.05) is 56.3 Å². The molecule has 0 bridgehead atoms. The predicted molar refractivity (Wildman–Crippen MR) is 128 cm³/mol. The number of hydrogen-bond donors (Lipinski definition) is 1. The standard InChI is InChI=1S/C26H28ClN3O3/c1-16(2)33-13-5-12-29-15-23(31)30-22(26(29)32)14-20-19-6-3-4-7-21(19)28-24(20)25(30)17-8-10-18(27)11-9-17/h3-4,6-11,16,22,25,28H,5,12-15H2,1-2H3/t22-,25-/m1/s1. The zero-order valence-corrected chi connectivity index (χ0v) is 19.6. The fourth-order valence-corrected chi connectivity index (χ4v) is 5.20. The Morgan fingerprint density at radius 1 is 1.12 bits per heavy atom. The molecule has 2 aliphatic rings. The van der Waals surface area contributed by atoms with Crippen molar-refractivity contribution in [3.8, 4) is 0 Å². The number of ether oxygens (including phenoxy) is 1. The van der Waals surface area contributed by atoms with Gasteiger partial charge in [-0.3, -0.25) is 9.59 Å². The first-order chi connectivity index (χ1) is 15.9. The van der Waals surface area contributed by atoms with Crippen LogP contribution in [0.15, 0.2) is 48.5 Å². The van der Waals surface area contributed by atoms with Gasteiger partial charge in [-0.2, -0.15) is 0 Å². The van der Waals surface area contributed by atoms with E-state index in [-0.39, 0.29) is 30.5 Å². The molecule has 1 fully saturated rings. The number of fused-ring (bicyclic) bond motifs is 4. The second-order valence-electron chi connectivity index (χ2n) is 9.07. The SMILES string of the molecule is CC(C)OCCCN1CC(=O)N2[C@H](c3ccc(Cl)cc3)c3[nH]c4ccccc4c3C[C@@H]2C1=O. The molecule has 0 unspecified atom stereocenters. The molecule has 2 aromatic carbocycles. The Balaban J connectivity index is 1.52. The first-order valence-electron chi connectivity index (χ1n) is 11.5. The maximum atomic E-state index is 13.6. The Kier molecular flexibility index (Phi) is 5.89. The summed E-state index contributed by atoms with van der Waals surface area (Å²) in [5, 5.41) is 1.74. The van der Waals surface area contributed by atoms with Gasteiger partial charge in [-0.15, -0.1) is 0 Å². The topological polar surface area (TPSA) is 65.6 Å². The molecule has 7 heteroatoms. The van der Waals surface area contributed by atoms with E-state index in [0.717, 1.165) is 27.7 Å². The van der Waals surface area contributed by atoms with Crippen LogP contribution in [0.3, 0.4) is 0 Å². The molecule has 5 rings (SSSR count). The summed E-state index contributed by atoms with van der Waals surface area (Å²) in [5.41, 5.74) is 4.05. The molecule has 1 saturated heterocycles. The molecule has 2 amide bonds. The highest BCUT2D eigenvalue weighted by molar-refractivity contribution is 6.30. The number of carbonyl (C=O) groups is 2. The summed E-state index contributed by atoms with van der Waals surface area (Å²) in [5.74, 6) is -0.0253. The van der Waals surface area contributed by atoms with Gasteiger partial charge in [-0.25, -0.2) is 0 Å². The first kappa shape index (κ1) is 22.0. The highest BCUT2D eigenvalue weighted by Crippen LogP contribution is 2.42. The second-order valence-corrected chi connectivity index (χ2v) is 9.51. The van der Waals surface area contributed by atoms with E-state index in [2.05, 4.69) is 11.1 Å². The number of H-pyrrole nitrogens is 1. The summed E-state index contributed by atoms with van der Waals surface area (Å²) in [4.78, 5) is 34.1. The number of piperazine rings is 1. The number of rotatable bonds is 6. The lowest BCUT2D eigenvalue weighted by atomic mass is 9.86. The van der Waals surface area contributed by atoms with E-state index < -0.39 is 6.04 Å². The minimum atomic E-state index is -0.523. The van der Waals surface area contributed by atoms with Crippen LogP contribution in [-0.4, -0.2) is 58.4 Å². The largest absolute Gasteiger partial charge is 0.379 e. The molecule has 0 aliphatic carbocycles. The molecule has 0 spiro atoms. The van der Waals surface area contributed by atoms with Crippen molar-refractivity contribution in [2.45, 2.75) is 44.9 Å². The maximum absolute atomic E-state index is 13.6. The van der Waals surface area contributed by atoms with Crippen LogP contribution in [0.25, 0.3) is 10.9 Å². The van der Waals surface area contributed by atoms with Gasteiger partial charge in [0.05, 0.1) is 18.7 Å². The van der Waals surface area contributed by atoms with Crippen LogP contribution in [0.1, 0.15) is 43.1 Å². The van der Waals surface area contributed by atoms with Gasteiger partial charge in [0, 0.05) is 41.2 Å². The summed E-state index contributed by atoms with van der Waals surface area (Å²) in [6.07, 6.45) is 1.37. The van der Waals surface area contributed by atoms with Crippen molar-refractivity contribution >= 4 is 34.3 Å². The molecule has 6 nitrogen and oxygen atoms in total. The van der Waals surface area contributed by atoms with Gasteiger partial charge in [0.15, 0.2) is 0 Å². The molecule has 3 aromatic rings. The van der Waals surface area contributed by atoms with Gasteiger partial charge < -0.3 is 19.5 Å². The molecule has 3 heterocycles. The third-order valence-electron chi connectivity index (χ3n) is 6.55. The maximum Gasteiger partial charge on any atom is 0.246 e. The van der Waals surface area contributed by atoms with E-state index in [9.17, 15) is 9.59 Å². The average molecular weight is 466 g/mol. The fourth-order valence-electron chi connectivity index (χ4n) is 5.08. The molecule has 0 saturated carbocycles. The highest BCUT2D eigenvalue weighted by atomic mass is 35.5. The van der Waals surface area contributed by atoms with Gasteiger partial charge in [-0.05, 0) is 49.6 Å². The summed E-state index contributed by atoms with van der Waals surface area (Å²) >= 11 is 6.14. The van der Waals surface area contributed by atoms with Crippen LogP contribution in [0.4, 0.5) is 0 Å². The Bertz CT molecular complexity index is 1190. The predicted octanol–water partition coefficient (Wildman–Crippen LogP) is 4.32. The van der Waals surface area contributed by atoms with Crippen molar-refractivity contribution < 1.29 is 14.3 Å². The van der Waals surface area contributed by atoms with Crippen LogP contribution < -0.4 is 0 Å². The number of aromatic amines is 1. The minimum absolute atomic E-state index is 0.00837. The summed E-state index contributed by atoms with van der Waals surface area (Å²) in [7, 11) is 0. The number of amides is 2. The first-order valence-corrected chi connectivity index (χ1v) is 11.9. The van der Waals surface area contributed by atoms with Gasteiger partial charge in [0.2, 0.25) is 11.8 Å². The third-order valence-corrected chi connectivity index (χ3v) is 6.80. The molecule has 0 radical (unpaired) electrons. The van der Waals surface area contributed by atoms with Crippen molar-refractivity contribution in [2.75, 3.05) is 19.7 Å². The summed E-state index contributed by atoms with van der Waals surface area (Å²) < 4.78 is 5.62. The Morgan fingerprint density at radius 3 is 2.64 bits per heavy atom. The number of nitrogens with zero attached hydrogens (tertiary/aromatic N) is 2.